The van der Waals surface area contributed by atoms with Gasteiger partial charge in [-0.05, 0) is 23.3 Å². The van der Waals surface area contributed by atoms with Gasteiger partial charge in [0.15, 0.2) is 5.75 Å². The highest BCUT2D eigenvalue weighted by Gasteiger charge is 2.28. The van der Waals surface area contributed by atoms with Crippen molar-refractivity contribution in [3.05, 3.63) is 75.9 Å². The van der Waals surface area contributed by atoms with Gasteiger partial charge in [0, 0.05) is 11.1 Å². The van der Waals surface area contributed by atoms with Crippen LogP contribution >= 0.6 is 0 Å². The number of methoxy groups -OCH3 is 2. The molecule has 0 amide bonds. The van der Waals surface area contributed by atoms with Crippen LogP contribution in [-0.4, -0.2) is 20.2 Å². The smallest absolute Gasteiger partial charge is 0.339 e. The van der Waals surface area contributed by atoms with Crippen LogP contribution in [0.25, 0.3) is 22.3 Å². The molecule has 3 rings (SSSR count). The summed E-state index contributed by atoms with van der Waals surface area (Å²) in [5, 5.41) is 9.78. The van der Waals surface area contributed by atoms with E-state index in [4.69, 9.17) is 9.47 Å². The van der Waals surface area contributed by atoms with Gasteiger partial charge < -0.3 is 9.47 Å². The van der Waals surface area contributed by atoms with Crippen LogP contribution < -0.4 is 10.2 Å². The Morgan fingerprint density at radius 3 is 2.38 bits per heavy atom. The molecule has 0 saturated heterocycles. The van der Waals surface area contributed by atoms with Crippen LogP contribution in [0.1, 0.15) is 15.9 Å². The minimum absolute atomic E-state index is 0.125. The Hall–Kier alpha value is -3.65. The lowest BCUT2D eigenvalue weighted by molar-refractivity contribution is 0.0603. The van der Waals surface area contributed by atoms with Crippen LogP contribution in [0.2, 0.25) is 0 Å². The standard InChI is InChI=1S/C21H15NO4/c1-25-18-11-13(7-6-10-17(18)23)19-16(12-22)14-8-4-3-5-9-15(14)20(19)21(24)26-2/h3-11H,1-2H3. The summed E-state index contributed by atoms with van der Waals surface area (Å²) >= 11 is 0. The molecule has 0 heterocycles. The first kappa shape index (κ1) is 17.2. The Morgan fingerprint density at radius 2 is 1.73 bits per heavy atom. The van der Waals surface area contributed by atoms with E-state index in [0.29, 0.717) is 27.8 Å². The molecular formula is C21H15NO4. The van der Waals surface area contributed by atoms with Crippen LogP contribution in [0.3, 0.4) is 0 Å². The average molecular weight is 345 g/mol. The fourth-order valence-corrected chi connectivity index (χ4v) is 2.99. The van der Waals surface area contributed by atoms with Crippen molar-refractivity contribution >= 4 is 5.97 Å². The summed E-state index contributed by atoms with van der Waals surface area (Å²) in [6.45, 7) is 0. The largest absolute Gasteiger partial charge is 0.493 e. The summed E-state index contributed by atoms with van der Waals surface area (Å²) in [5.74, 6) is -0.425. The second-order valence-corrected chi connectivity index (χ2v) is 5.52. The molecule has 5 heteroatoms. The van der Waals surface area contributed by atoms with Gasteiger partial charge in [-0.2, -0.15) is 5.26 Å². The Labute approximate surface area is 150 Å². The quantitative estimate of drug-likeness (QED) is 0.679. The normalized spacial score (nSPS) is 10.2. The number of ether oxygens (including phenoxy) is 2. The van der Waals surface area contributed by atoms with E-state index in [2.05, 4.69) is 6.07 Å². The first-order valence-corrected chi connectivity index (χ1v) is 7.84. The minimum atomic E-state index is -0.550. The molecule has 5 nitrogen and oxygen atoms in total. The predicted octanol–water partition coefficient (Wildman–Crippen LogP) is 3.49. The lowest BCUT2D eigenvalue weighted by atomic mass is 10.0. The lowest BCUT2D eigenvalue weighted by Gasteiger charge is -2.04. The van der Waals surface area contributed by atoms with Gasteiger partial charge in [-0.1, -0.05) is 42.5 Å². The zero-order chi connectivity index (χ0) is 18.7. The lowest BCUT2D eigenvalue weighted by Crippen LogP contribution is -2.03. The number of hydrogen-bond acceptors (Lipinski definition) is 5. The molecule has 0 N–H and O–H groups in total. The summed E-state index contributed by atoms with van der Waals surface area (Å²) in [6, 6.07) is 17.3. The summed E-state index contributed by atoms with van der Waals surface area (Å²) in [4.78, 5) is 24.5. The van der Waals surface area contributed by atoms with Crippen molar-refractivity contribution < 1.29 is 14.3 Å². The molecule has 1 aromatic rings. The maximum Gasteiger partial charge on any atom is 0.339 e. The van der Waals surface area contributed by atoms with Crippen molar-refractivity contribution in [2.45, 2.75) is 0 Å². The molecule has 2 aliphatic rings. The van der Waals surface area contributed by atoms with Gasteiger partial charge in [-0.25, -0.2) is 4.79 Å². The van der Waals surface area contributed by atoms with Gasteiger partial charge in [0.1, 0.15) is 6.07 Å². The Bertz CT molecular complexity index is 1070. The third-order valence-electron chi connectivity index (χ3n) is 4.14. The van der Waals surface area contributed by atoms with Crippen LogP contribution in [0, 0.1) is 11.3 Å². The Morgan fingerprint density at radius 1 is 1.00 bits per heavy atom. The molecule has 0 bridgehead atoms. The SMILES string of the molecule is COC(=O)c1c2cccccc-2c(C#N)c1-c1cccc(=O)c(OC)c1. The van der Waals surface area contributed by atoms with E-state index in [9.17, 15) is 14.9 Å². The molecule has 0 fully saturated rings. The van der Waals surface area contributed by atoms with Gasteiger partial charge in [-0.3, -0.25) is 4.79 Å². The second-order valence-electron chi connectivity index (χ2n) is 5.52. The fraction of sp³-hybridized carbons (Fsp3) is 0.0952. The molecule has 0 aromatic heterocycles. The molecule has 128 valence electrons. The number of esters is 1. The van der Waals surface area contributed by atoms with Crippen LogP contribution in [0.5, 0.6) is 5.75 Å². The van der Waals surface area contributed by atoms with Gasteiger partial charge in [-0.15, -0.1) is 0 Å². The third-order valence-corrected chi connectivity index (χ3v) is 4.14. The highest BCUT2D eigenvalue weighted by atomic mass is 16.5. The third kappa shape index (κ3) is 2.78. The van der Waals surface area contributed by atoms with Crippen LogP contribution in [-0.2, 0) is 4.74 Å². The van der Waals surface area contributed by atoms with E-state index >= 15 is 0 Å². The van der Waals surface area contributed by atoms with Gasteiger partial charge in [0.05, 0.1) is 25.3 Å². The van der Waals surface area contributed by atoms with Gasteiger partial charge in [0.25, 0.3) is 0 Å². The van der Waals surface area contributed by atoms with Crippen LogP contribution in [0.4, 0.5) is 0 Å². The molecule has 0 aliphatic heterocycles. The number of nitrogens with zero attached hydrogens (tertiary/aromatic N) is 1. The Kier molecular flexibility index (Phi) is 4.68. The Balaban J connectivity index is 2.49. The molecule has 0 atom stereocenters. The van der Waals surface area contributed by atoms with E-state index in [1.807, 2.05) is 6.07 Å². The molecule has 1 aromatic carbocycles. The maximum atomic E-state index is 12.5. The minimum Gasteiger partial charge on any atom is -0.493 e. The van der Waals surface area contributed by atoms with Crippen molar-refractivity contribution in [3.8, 4) is 34.1 Å². The first-order valence-electron chi connectivity index (χ1n) is 7.84. The predicted molar refractivity (Wildman–Crippen MR) is 97.4 cm³/mol. The van der Waals surface area contributed by atoms with Gasteiger partial charge >= 0.3 is 5.97 Å². The van der Waals surface area contributed by atoms with Crippen LogP contribution in [0.15, 0.2) is 59.4 Å². The molecule has 2 aliphatic carbocycles. The summed E-state index contributed by atoms with van der Waals surface area (Å²) in [5.41, 5.74) is 2.55. The number of nitriles is 1. The zero-order valence-electron chi connectivity index (χ0n) is 14.3. The van der Waals surface area contributed by atoms with Crippen molar-refractivity contribution in [3.63, 3.8) is 0 Å². The molecule has 0 saturated carbocycles. The van der Waals surface area contributed by atoms with Crippen molar-refractivity contribution in [1.29, 1.82) is 5.26 Å². The zero-order valence-corrected chi connectivity index (χ0v) is 14.3. The molecule has 0 unspecified atom stereocenters. The van der Waals surface area contributed by atoms with Crippen molar-refractivity contribution in [1.82, 2.24) is 0 Å². The highest BCUT2D eigenvalue weighted by molar-refractivity contribution is 6.09. The number of carbonyl (C=O) groups is 1. The monoisotopic (exact) mass is 345 g/mol. The first-order chi connectivity index (χ1) is 12.6. The van der Waals surface area contributed by atoms with E-state index in [0.717, 1.165) is 0 Å². The van der Waals surface area contributed by atoms with Crippen molar-refractivity contribution in [2.75, 3.05) is 14.2 Å². The number of fused-ring (bicyclic) bond motifs is 1. The average Bonchev–Trinajstić information content (AvgIpc) is 2.82. The van der Waals surface area contributed by atoms with Gasteiger partial charge in [0.2, 0.25) is 5.43 Å². The number of carbonyl (C=O) groups excluding carboxylic acids is 1. The fourth-order valence-electron chi connectivity index (χ4n) is 2.99. The second kappa shape index (κ2) is 7.08. The molecule has 26 heavy (non-hydrogen) atoms. The highest BCUT2D eigenvalue weighted by Crippen LogP contribution is 2.42. The summed E-state index contributed by atoms with van der Waals surface area (Å²) < 4.78 is 10.1. The topological polar surface area (TPSA) is 76.4 Å². The van der Waals surface area contributed by atoms with E-state index in [1.54, 1.807) is 36.4 Å². The molecule has 0 radical (unpaired) electrons. The van der Waals surface area contributed by atoms with Crippen molar-refractivity contribution in [2.24, 2.45) is 0 Å². The van der Waals surface area contributed by atoms with E-state index < -0.39 is 5.97 Å². The van der Waals surface area contributed by atoms with E-state index in [1.165, 1.54) is 26.4 Å². The summed E-state index contributed by atoms with van der Waals surface area (Å²) in [7, 11) is 2.69. The molecule has 0 spiro atoms. The summed E-state index contributed by atoms with van der Waals surface area (Å²) in [6.07, 6.45) is 0. The molecular weight excluding hydrogens is 330 g/mol. The number of hydrogen-bond donors (Lipinski definition) is 0. The number of rotatable bonds is 3. The van der Waals surface area contributed by atoms with E-state index in [-0.39, 0.29) is 16.7 Å². The maximum absolute atomic E-state index is 12.5.